The normalized spacial score (nSPS) is 18.4. The number of benzene rings is 1. The van der Waals surface area contributed by atoms with Gasteiger partial charge in [-0.1, -0.05) is 17.7 Å². The van der Waals surface area contributed by atoms with Gasteiger partial charge in [0.15, 0.2) is 0 Å². The van der Waals surface area contributed by atoms with E-state index in [0.29, 0.717) is 18.7 Å². The van der Waals surface area contributed by atoms with Gasteiger partial charge in [-0.05, 0) is 38.4 Å². The lowest BCUT2D eigenvalue weighted by molar-refractivity contribution is -0.187. The minimum atomic E-state index is -4.23. The Morgan fingerprint density at radius 3 is 2.54 bits per heavy atom. The van der Waals surface area contributed by atoms with Gasteiger partial charge in [-0.2, -0.15) is 13.2 Å². The summed E-state index contributed by atoms with van der Waals surface area (Å²) in [5, 5.41) is 2.69. The lowest BCUT2D eigenvalue weighted by Gasteiger charge is -2.34. The summed E-state index contributed by atoms with van der Waals surface area (Å²) in [6, 6.07) is 7.25. The molecule has 2 rings (SSSR count). The first kappa shape index (κ1) is 20.2. The predicted octanol–water partition coefficient (Wildman–Crippen LogP) is 2.67. The largest absolute Gasteiger partial charge is 0.393 e. The molecule has 0 saturated carbocycles. The van der Waals surface area contributed by atoms with Crippen LogP contribution in [0.15, 0.2) is 24.3 Å². The molecule has 1 heterocycles. The monoisotopic (exact) mass is 371 g/mol. The molecule has 0 aromatic heterocycles. The summed E-state index contributed by atoms with van der Waals surface area (Å²) in [7, 11) is 1.47. The van der Waals surface area contributed by atoms with Crippen molar-refractivity contribution < 1.29 is 22.8 Å². The second-order valence-electron chi connectivity index (χ2n) is 6.78. The number of hydrogen-bond acceptors (Lipinski definition) is 3. The van der Waals surface area contributed by atoms with Crippen LogP contribution >= 0.6 is 0 Å². The SMILES string of the molecule is Cc1ccc(NC(=O)CN(C)C(=O)CN2CCCC(C(F)(F)F)C2)cc1. The molecule has 1 aliphatic rings. The average molecular weight is 371 g/mol. The summed E-state index contributed by atoms with van der Waals surface area (Å²) in [5.74, 6) is -2.11. The van der Waals surface area contributed by atoms with Crippen molar-refractivity contribution in [3.8, 4) is 0 Å². The highest BCUT2D eigenvalue weighted by Crippen LogP contribution is 2.32. The minimum absolute atomic E-state index is 0.100. The Bertz CT molecular complexity index is 632. The Kier molecular flexibility index (Phi) is 6.63. The van der Waals surface area contributed by atoms with Gasteiger partial charge in [-0.15, -0.1) is 0 Å². The van der Waals surface area contributed by atoms with E-state index in [2.05, 4.69) is 5.32 Å². The van der Waals surface area contributed by atoms with Crippen molar-refractivity contribution in [3.05, 3.63) is 29.8 Å². The van der Waals surface area contributed by atoms with Crippen LogP contribution in [0.4, 0.5) is 18.9 Å². The molecule has 1 unspecified atom stereocenters. The van der Waals surface area contributed by atoms with Gasteiger partial charge in [0.1, 0.15) is 0 Å². The number of halogens is 3. The van der Waals surface area contributed by atoms with Crippen molar-refractivity contribution >= 4 is 17.5 Å². The fraction of sp³-hybridized carbons (Fsp3) is 0.556. The van der Waals surface area contributed by atoms with Crippen LogP contribution in [0.2, 0.25) is 0 Å². The fourth-order valence-corrected chi connectivity index (χ4v) is 2.92. The third-order valence-corrected chi connectivity index (χ3v) is 4.47. The third-order valence-electron chi connectivity index (χ3n) is 4.47. The summed E-state index contributed by atoms with van der Waals surface area (Å²) >= 11 is 0. The highest BCUT2D eigenvalue weighted by atomic mass is 19.4. The Labute approximate surface area is 151 Å². The first-order chi connectivity index (χ1) is 12.1. The van der Waals surface area contributed by atoms with Gasteiger partial charge in [0.25, 0.3) is 0 Å². The van der Waals surface area contributed by atoms with E-state index in [-0.39, 0.29) is 37.9 Å². The quantitative estimate of drug-likeness (QED) is 0.866. The molecule has 0 radical (unpaired) electrons. The highest BCUT2D eigenvalue weighted by Gasteiger charge is 2.42. The Morgan fingerprint density at radius 2 is 1.92 bits per heavy atom. The van der Waals surface area contributed by atoms with Crippen LogP contribution in [0.1, 0.15) is 18.4 Å². The van der Waals surface area contributed by atoms with Crippen molar-refractivity contribution in [1.82, 2.24) is 9.80 Å². The van der Waals surface area contributed by atoms with Crippen LogP contribution < -0.4 is 5.32 Å². The molecule has 0 aliphatic carbocycles. The number of nitrogens with zero attached hydrogens (tertiary/aromatic N) is 2. The molecule has 1 fully saturated rings. The van der Waals surface area contributed by atoms with Crippen LogP contribution in [0.3, 0.4) is 0 Å². The van der Waals surface area contributed by atoms with Crippen LogP contribution in [-0.2, 0) is 9.59 Å². The lowest BCUT2D eigenvalue weighted by Crippen LogP contribution is -2.47. The van der Waals surface area contributed by atoms with Crippen molar-refractivity contribution in [2.45, 2.75) is 25.9 Å². The van der Waals surface area contributed by atoms with E-state index in [0.717, 1.165) is 5.56 Å². The number of aryl methyl sites for hydroxylation is 1. The topological polar surface area (TPSA) is 52.7 Å². The van der Waals surface area contributed by atoms with Gasteiger partial charge in [-0.25, -0.2) is 0 Å². The summed E-state index contributed by atoms with van der Waals surface area (Å²) < 4.78 is 38.5. The van der Waals surface area contributed by atoms with E-state index in [1.165, 1.54) is 16.8 Å². The van der Waals surface area contributed by atoms with Gasteiger partial charge in [0.05, 0.1) is 19.0 Å². The molecule has 1 N–H and O–H groups in total. The van der Waals surface area contributed by atoms with Crippen molar-refractivity contribution in [2.75, 3.05) is 38.5 Å². The molecule has 2 amide bonds. The Morgan fingerprint density at radius 1 is 1.27 bits per heavy atom. The fourth-order valence-electron chi connectivity index (χ4n) is 2.92. The number of amides is 2. The summed E-state index contributed by atoms with van der Waals surface area (Å²) in [4.78, 5) is 27.0. The van der Waals surface area contributed by atoms with Gasteiger partial charge < -0.3 is 10.2 Å². The maximum Gasteiger partial charge on any atom is 0.393 e. The van der Waals surface area contributed by atoms with E-state index in [1.54, 1.807) is 12.1 Å². The molecule has 5 nitrogen and oxygen atoms in total. The molecule has 26 heavy (non-hydrogen) atoms. The average Bonchev–Trinajstić information content (AvgIpc) is 2.56. The van der Waals surface area contributed by atoms with E-state index >= 15 is 0 Å². The van der Waals surface area contributed by atoms with Crippen LogP contribution in [0.5, 0.6) is 0 Å². The van der Waals surface area contributed by atoms with Crippen LogP contribution in [0, 0.1) is 12.8 Å². The Hall–Kier alpha value is -2.09. The number of rotatable bonds is 5. The number of hydrogen-bond donors (Lipinski definition) is 1. The van der Waals surface area contributed by atoms with Crippen molar-refractivity contribution in [3.63, 3.8) is 0 Å². The van der Waals surface area contributed by atoms with Crippen molar-refractivity contribution in [1.29, 1.82) is 0 Å². The number of alkyl halides is 3. The molecular formula is C18H24F3N3O2. The first-order valence-corrected chi connectivity index (χ1v) is 8.54. The Balaban J connectivity index is 1.81. The van der Waals surface area contributed by atoms with Crippen molar-refractivity contribution in [2.24, 2.45) is 5.92 Å². The molecule has 8 heteroatoms. The zero-order valence-electron chi connectivity index (χ0n) is 15.0. The lowest BCUT2D eigenvalue weighted by atomic mass is 9.97. The second kappa shape index (κ2) is 8.53. The van der Waals surface area contributed by atoms with E-state index in [1.807, 2.05) is 19.1 Å². The van der Waals surface area contributed by atoms with E-state index < -0.39 is 12.1 Å². The molecule has 0 spiro atoms. The second-order valence-corrected chi connectivity index (χ2v) is 6.78. The van der Waals surface area contributed by atoms with Crippen LogP contribution in [0.25, 0.3) is 0 Å². The third kappa shape index (κ3) is 6.01. The first-order valence-electron chi connectivity index (χ1n) is 8.54. The number of carbonyl (C=O) groups is 2. The number of piperidine rings is 1. The molecule has 1 aromatic rings. The zero-order chi connectivity index (χ0) is 19.3. The molecule has 1 aliphatic heterocycles. The van der Waals surface area contributed by atoms with Gasteiger partial charge >= 0.3 is 6.18 Å². The minimum Gasteiger partial charge on any atom is -0.335 e. The van der Waals surface area contributed by atoms with Gasteiger partial charge in [0.2, 0.25) is 11.8 Å². The van der Waals surface area contributed by atoms with Gasteiger partial charge in [-0.3, -0.25) is 14.5 Å². The predicted molar refractivity (Wildman–Crippen MR) is 92.7 cm³/mol. The summed E-state index contributed by atoms with van der Waals surface area (Å²) in [6.07, 6.45) is -3.72. The maximum absolute atomic E-state index is 12.8. The molecule has 0 bridgehead atoms. The van der Waals surface area contributed by atoms with E-state index in [4.69, 9.17) is 0 Å². The van der Waals surface area contributed by atoms with Crippen LogP contribution in [-0.4, -0.2) is 61.0 Å². The van der Waals surface area contributed by atoms with E-state index in [9.17, 15) is 22.8 Å². The number of likely N-dealkylation sites (tertiary alicyclic amines) is 1. The highest BCUT2D eigenvalue weighted by molar-refractivity contribution is 5.94. The summed E-state index contributed by atoms with van der Waals surface area (Å²) in [6.45, 7) is 1.96. The van der Waals surface area contributed by atoms with Gasteiger partial charge in [0, 0.05) is 19.3 Å². The number of anilines is 1. The standard InChI is InChI=1S/C18H24F3N3O2/c1-13-5-7-15(8-6-13)22-16(25)11-23(2)17(26)12-24-9-3-4-14(10-24)18(19,20)21/h5-8,14H,3-4,9-12H2,1-2H3,(H,22,25). The molecule has 1 aromatic carbocycles. The molecular weight excluding hydrogens is 347 g/mol. The molecule has 1 atom stereocenters. The molecule has 1 saturated heterocycles. The maximum atomic E-state index is 12.8. The smallest absolute Gasteiger partial charge is 0.335 e. The number of likely N-dealkylation sites (N-methyl/N-ethyl adjacent to an activating group) is 1. The summed E-state index contributed by atoms with van der Waals surface area (Å²) in [5.41, 5.74) is 1.69. The number of carbonyl (C=O) groups excluding carboxylic acids is 2. The zero-order valence-corrected chi connectivity index (χ0v) is 15.0. The number of nitrogens with one attached hydrogen (secondary N) is 1. The molecule has 144 valence electrons.